The van der Waals surface area contributed by atoms with Crippen LogP contribution in [0.5, 0.6) is 0 Å². The molecule has 2 aliphatic heterocycles. The van der Waals surface area contributed by atoms with Crippen molar-refractivity contribution in [2.24, 2.45) is 11.8 Å². The zero-order chi connectivity index (χ0) is 17.4. The highest BCUT2D eigenvalue weighted by Crippen LogP contribution is 2.39. The quantitative estimate of drug-likeness (QED) is 0.898. The Morgan fingerprint density at radius 3 is 2.76 bits per heavy atom. The van der Waals surface area contributed by atoms with E-state index in [2.05, 4.69) is 19.1 Å². The van der Waals surface area contributed by atoms with Gasteiger partial charge in [0.2, 0.25) is 0 Å². The fourth-order valence-electron chi connectivity index (χ4n) is 5.02. The predicted molar refractivity (Wildman–Crippen MR) is 96.6 cm³/mol. The lowest BCUT2D eigenvalue weighted by Gasteiger charge is -2.48. The minimum absolute atomic E-state index is 0.0997. The van der Waals surface area contributed by atoms with E-state index in [0.29, 0.717) is 25.4 Å². The number of ether oxygens (including phenoxy) is 1. The normalized spacial score (nSPS) is 30.3. The van der Waals surface area contributed by atoms with Crippen LogP contribution in [0.15, 0.2) is 18.2 Å². The van der Waals surface area contributed by atoms with Crippen LogP contribution in [0, 0.1) is 11.8 Å². The third-order valence-corrected chi connectivity index (χ3v) is 6.69. The topological polar surface area (TPSA) is 49.8 Å². The number of carbonyl (C=O) groups excluding carboxylic acids is 1. The van der Waals surface area contributed by atoms with E-state index < -0.39 is 5.60 Å². The number of piperidine rings is 1. The van der Waals surface area contributed by atoms with Crippen LogP contribution in [0.1, 0.15) is 54.1 Å². The first kappa shape index (κ1) is 17.0. The van der Waals surface area contributed by atoms with E-state index in [9.17, 15) is 9.90 Å². The number of nitrogens with zero attached hydrogens (tertiary/aromatic N) is 1. The molecule has 0 unspecified atom stereocenters. The van der Waals surface area contributed by atoms with Crippen LogP contribution in [-0.4, -0.2) is 47.8 Å². The first-order chi connectivity index (χ1) is 12.1. The van der Waals surface area contributed by atoms with Crippen LogP contribution in [0.2, 0.25) is 0 Å². The average Bonchev–Trinajstić information content (AvgIpc) is 3.12. The SMILES string of the molecule is C[C@@H]1CN(C(=O)c2ccc3c(c2)CCC3)CC[C@@]1(O)C1CCOCC1. The lowest BCUT2D eigenvalue weighted by molar-refractivity contribution is -0.125. The summed E-state index contributed by atoms with van der Waals surface area (Å²) in [7, 11) is 0. The van der Waals surface area contributed by atoms with E-state index in [1.54, 1.807) is 0 Å². The lowest BCUT2D eigenvalue weighted by Crippen LogP contribution is -2.56. The molecule has 0 radical (unpaired) electrons. The van der Waals surface area contributed by atoms with Crippen LogP contribution < -0.4 is 0 Å². The summed E-state index contributed by atoms with van der Waals surface area (Å²) >= 11 is 0. The number of aliphatic hydroxyl groups is 1. The number of aryl methyl sites for hydroxylation is 2. The van der Waals surface area contributed by atoms with Gasteiger partial charge < -0.3 is 14.7 Å². The van der Waals surface area contributed by atoms with Gasteiger partial charge in [0.15, 0.2) is 0 Å². The van der Waals surface area contributed by atoms with E-state index >= 15 is 0 Å². The zero-order valence-electron chi connectivity index (χ0n) is 15.2. The smallest absolute Gasteiger partial charge is 0.253 e. The van der Waals surface area contributed by atoms with Crippen molar-refractivity contribution in [3.05, 3.63) is 34.9 Å². The molecule has 0 aromatic heterocycles. The van der Waals surface area contributed by atoms with Crippen molar-refractivity contribution >= 4 is 5.91 Å². The molecule has 0 spiro atoms. The van der Waals surface area contributed by atoms with Gasteiger partial charge in [-0.05, 0) is 67.7 Å². The molecule has 4 heteroatoms. The number of amides is 1. The molecule has 2 fully saturated rings. The summed E-state index contributed by atoms with van der Waals surface area (Å²) in [6.07, 6.45) is 5.97. The molecule has 0 bridgehead atoms. The molecule has 2 atom stereocenters. The fourth-order valence-corrected chi connectivity index (χ4v) is 5.02. The van der Waals surface area contributed by atoms with Crippen LogP contribution in [0.4, 0.5) is 0 Å². The van der Waals surface area contributed by atoms with Crippen LogP contribution in [0.3, 0.4) is 0 Å². The van der Waals surface area contributed by atoms with Crippen LogP contribution >= 0.6 is 0 Å². The van der Waals surface area contributed by atoms with Gasteiger partial charge in [0, 0.05) is 37.8 Å². The molecule has 1 aromatic rings. The maximum absolute atomic E-state index is 13.0. The van der Waals surface area contributed by atoms with E-state index in [1.165, 1.54) is 17.5 Å². The summed E-state index contributed by atoms with van der Waals surface area (Å²) in [5, 5.41) is 11.3. The Bertz CT molecular complexity index is 653. The Labute approximate surface area is 150 Å². The van der Waals surface area contributed by atoms with Gasteiger partial charge in [-0.1, -0.05) is 13.0 Å². The van der Waals surface area contributed by atoms with Crippen molar-refractivity contribution in [1.29, 1.82) is 0 Å². The van der Waals surface area contributed by atoms with Crippen LogP contribution in [-0.2, 0) is 17.6 Å². The number of hydrogen-bond acceptors (Lipinski definition) is 3. The molecule has 25 heavy (non-hydrogen) atoms. The third kappa shape index (κ3) is 3.11. The highest BCUT2D eigenvalue weighted by atomic mass is 16.5. The summed E-state index contributed by atoms with van der Waals surface area (Å²) in [5.74, 6) is 0.520. The van der Waals surface area contributed by atoms with Crippen molar-refractivity contribution in [2.75, 3.05) is 26.3 Å². The maximum Gasteiger partial charge on any atom is 0.253 e. The largest absolute Gasteiger partial charge is 0.389 e. The van der Waals surface area contributed by atoms with Crippen molar-refractivity contribution in [2.45, 2.75) is 51.0 Å². The Hall–Kier alpha value is -1.39. The average molecular weight is 343 g/mol. The first-order valence-electron chi connectivity index (χ1n) is 9.79. The van der Waals surface area contributed by atoms with E-state index in [1.807, 2.05) is 11.0 Å². The minimum Gasteiger partial charge on any atom is -0.389 e. The fraction of sp³-hybridized carbons (Fsp3) is 0.667. The second-order valence-electron chi connectivity index (χ2n) is 8.12. The van der Waals surface area contributed by atoms with Gasteiger partial charge in [-0.3, -0.25) is 4.79 Å². The molecule has 4 rings (SSSR count). The van der Waals surface area contributed by atoms with Gasteiger partial charge in [0.05, 0.1) is 5.60 Å². The summed E-state index contributed by atoms with van der Waals surface area (Å²) < 4.78 is 5.45. The molecule has 2 heterocycles. The molecule has 1 N–H and O–H groups in total. The minimum atomic E-state index is -0.654. The second kappa shape index (κ2) is 6.73. The molecular weight excluding hydrogens is 314 g/mol. The number of likely N-dealkylation sites (tertiary alicyclic amines) is 1. The number of hydrogen-bond donors (Lipinski definition) is 1. The molecule has 2 saturated heterocycles. The standard InChI is InChI=1S/C21H29NO3/c1-15-14-22(10-9-21(15,24)19-7-11-25-12-8-19)20(23)18-6-5-16-3-2-4-17(16)13-18/h5-6,13,15,19,24H,2-4,7-12,14H2,1H3/t15-,21+/m1/s1. The van der Waals surface area contributed by atoms with E-state index in [0.717, 1.165) is 44.5 Å². The summed E-state index contributed by atoms with van der Waals surface area (Å²) in [5.41, 5.74) is 2.90. The molecule has 136 valence electrons. The molecule has 3 aliphatic rings. The second-order valence-corrected chi connectivity index (χ2v) is 8.12. The van der Waals surface area contributed by atoms with Crippen LogP contribution in [0.25, 0.3) is 0 Å². The number of fused-ring (bicyclic) bond motifs is 1. The highest BCUT2D eigenvalue weighted by Gasteiger charge is 2.46. The Kier molecular flexibility index (Phi) is 4.59. The molecule has 1 aliphatic carbocycles. The number of rotatable bonds is 2. The van der Waals surface area contributed by atoms with E-state index in [-0.39, 0.29) is 11.8 Å². The van der Waals surface area contributed by atoms with Gasteiger partial charge >= 0.3 is 0 Å². The molecule has 4 nitrogen and oxygen atoms in total. The van der Waals surface area contributed by atoms with Crippen molar-refractivity contribution in [1.82, 2.24) is 4.90 Å². The lowest BCUT2D eigenvalue weighted by atomic mass is 9.70. The summed E-state index contributed by atoms with van der Waals surface area (Å²) in [4.78, 5) is 14.9. The third-order valence-electron chi connectivity index (χ3n) is 6.69. The van der Waals surface area contributed by atoms with Gasteiger partial charge in [0.1, 0.15) is 0 Å². The zero-order valence-corrected chi connectivity index (χ0v) is 15.2. The van der Waals surface area contributed by atoms with Crippen molar-refractivity contribution in [3.63, 3.8) is 0 Å². The van der Waals surface area contributed by atoms with Gasteiger partial charge in [0.25, 0.3) is 5.91 Å². The number of carbonyl (C=O) groups is 1. The monoisotopic (exact) mass is 343 g/mol. The van der Waals surface area contributed by atoms with Gasteiger partial charge in [-0.2, -0.15) is 0 Å². The maximum atomic E-state index is 13.0. The van der Waals surface area contributed by atoms with Gasteiger partial charge in [-0.25, -0.2) is 0 Å². The highest BCUT2D eigenvalue weighted by molar-refractivity contribution is 5.94. The molecule has 1 amide bonds. The van der Waals surface area contributed by atoms with E-state index in [4.69, 9.17) is 4.74 Å². The Morgan fingerprint density at radius 2 is 2.00 bits per heavy atom. The summed E-state index contributed by atoms with van der Waals surface area (Å²) in [6, 6.07) is 6.20. The predicted octanol–water partition coefficient (Wildman–Crippen LogP) is 2.82. The first-order valence-corrected chi connectivity index (χ1v) is 9.79. The summed E-state index contributed by atoms with van der Waals surface area (Å²) in [6.45, 7) is 4.88. The Morgan fingerprint density at radius 1 is 1.24 bits per heavy atom. The molecule has 0 saturated carbocycles. The van der Waals surface area contributed by atoms with Gasteiger partial charge in [-0.15, -0.1) is 0 Å². The molecular formula is C21H29NO3. The van der Waals surface area contributed by atoms with Crippen molar-refractivity contribution < 1.29 is 14.6 Å². The number of benzene rings is 1. The Balaban J connectivity index is 1.45. The van der Waals surface area contributed by atoms with Crippen molar-refractivity contribution in [3.8, 4) is 0 Å². The molecule has 1 aromatic carbocycles.